The highest BCUT2D eigenvalue weighted by molar-refractivity contribution is 5.78. The molecule has 20 heavy (non-hydrogen) atoms. The number of hydrogen-bond acceptors (Lipinski definition) is 5. The number of nitrogens with zero attached hydrogens (tertiary/aromatic N) is 5. The SMILES string of the molecule is Cn1cc(-c2nc(=N)nc3n4c(ccc2-3)NCC4)cn1. The van der Waals surface area contributed by atoms with Crippen LogP contribution in [0.25, 0.3) is 22.6 Å². The Morgan fingerprint density at radius 1 is 1.30 bits per heavy atom. The minimum absolute atomic E-state index is 0.0316. The minimum atomic E-state index is 0.0316. The number of hydrogen-bond donors (Lipinski definition) is 2. The van der Waals surface area contributed by atoms with Crippen molar-refractivity contribution in [3.63, 3.8) is 0 Å². The fourth-order valence-corrected chi connectivity index (χ4v) is 2.62. The summed E-state index contributed by atoms with van der Waals surface area (Å²) in [6.07, 6.45) is 3.66. The number of pyridine rings is 1. The third kappa shape index (κ3) is 1.52. The molecule has 3 aliphatic heterocycles. The Balaban J connectivity index is 2.04. The molecular formula is C13H13N7. The van der Waals surface area contributed by atoms with E-state index in [9.17, 15) is 0 Å². The molecule has 7 nitrogen and oxygen atoms in total. The molecule has 0 bridgehead atoms. The van der Waals surface area contributed by atoms with Crippen LogP contribution in [-0.2, 0) is 13.6 Å². The molecule has 3 aliphatic rings. The summed E-state index contributed by atoms with van der Waals surface area (Å²) in [6, 6.07) is 4.03. The van der Waals surface area contributed by atoms with Crippen LogP contribution in [0.1, 0.15) is 0 Å². The highest BCUT2D eigenvalue weighted by Gasteiger charge is 2.21. The molecule has 0 saturated carbocycles. The van der Waals surface area contributed by atoms with Crippen molar-refractivity contribution in [2.75, 3.05) is 11.9 Å². The van der Waals surface area contributed by atoms with Crippen molar-refractivity contribution in [2.45, 2.75) is 6.54 Å². The second kappa shape index (κ2) is 3.89. The first kappa shape index (κ1) is 11.2. The maximum atomic E-state index is 7.85. The Labute approximate surface area is 114 Å². The molecule has 0 aliphatic carbocycles. The number of aryl methyl sites for hydroxylation is 1. The van der Waals surface area contributed by atoms with Crippen LogP contribution in [0.15, 0.2) is 24.5 Å². The first-order valence-corrected chi connectivity index (χ1v) is 6.41. The van der Waals surface area contributed by atoms with E-state index in [0.29, 0.717) is 0 Å². The normalized spacial score (nSPS) is 13.4. The van der Waals surface area contributed by atoms with Gasteiger partial charge in [-0.1, -0.05) is 0 Å². The van der Waals surface area contributed by atoms with E-state index in [0.717, 1.165) is 41.6 Å². The monoisotopic (exact) mass is 267 g/mol. The van der Waals surface area contributed by atoms with E-state index in [2.05, 4.69) is 25.0 Å². The zero-order valence-corrected chi connectivity index (χ0v) is 11.0. The van der Waals surface area contributed by atoms with E-state index < -0.39 is 0 Å². The lowest BCUT2D eigenvalue weighted by molar-refractivity contribution is 0.767. The molecule has 100 valence electrons. The lowest BCUT2D eigenvalue weighted by Crippen LogP contribution is -2.18. The van der Waals surface area contributed by atoms with Gasteiger partial charge in [0, 0.05) is 37.5 Å². The summed E-state index contributed by atoms with van der Waals surface area (Å²) in [5, 5.41) is 15.3. The Hall–Kier alpha value is -2.70. The number of aromatic nitrogens is 5. The first-order valence-electron chi connectivity index (χ1n) is 6.41. The molecule has 4 heterocycles. The van der Waals surface area contributed by atoms with E-state index in [4.69, 9.17) is 5.41 Å². The smallest absolute Gasteiger partial charge is 0.244 e. The van der Waals surface area contributed by atoms with Crippen LogP contribution in [0.3, 0.4) is 0 Å². The van der Waals surface area contributed by atoms with Gasteiger partial charge in [-0.3, -0.25) is 10.1 Å². The fourth-order valence-electron chi connectivity index (χ4n) is 2.62. The predicted octanol–water partition coefficient (Wildman–Crippen LogP) is 0.688. The second-order valence-electron chi connectivity index (χ2n) is 4.83. The zero-order valence-electron chi connectivity index (χ0n) is 11.0. The van der Waals surface area contributed by atoms with Crippen molar-refractivity contribution in [3.05, 3.63) is 30.1 Å². The van der Waals surface area contributed by atoms with Gasteiger partial charge in [-0.15, -0.1) is 0 Å². The van der Waals surface area contributed by atoms with Gasteiger partial charge in [-0.25, -0.2) is 4.98 Å². The molecule has 1 aromatic rings. The van der Waals surface area contributed by atoms with Crippen LogP contribution in [0.2, 0.25) is 0 Å². The third-order valence-electron chi connectivity index (χ3n) is 3.50. The Morgan fingerprint density at radius 2 is 2.20 bits per heavy atom. The average molecular weight is 267 g/mol. The minimum Gasteiger partial charge on any atom is -0.370 e. The lowest BCUT2D eigenvalue weighted by atomic mass is 10.1. The van der Waals surface area contributed by atoms with E-state index in [-0.39, 0.29) is 5.62 Å². The molecule has 4 rings (SSSR count). The molecule has 0 amide bonds. The van der Waals surface area contributed by atoms with Gasteiger partial charge in [-0.2, -0.15) is 10.1 Å². The fraction of sp³-hybridized carbons (Fsp3) is 0.231. The van der Waals surface area contributed by atoms with Gasteiger partial charge in [0.15, 0.2) is 0 Å². The van der Waals surface area contributed by atoms with Crippen molar-refractivity contribution in [3.8, 4) is 22.6 Å². The summed E-state index contributed by atoms with van der Waals surface area (Å²) < 4.78 is 3.82. The van der Waals surface area contributed by atoms with Gasteiger partial charge in [-0.05, 0) is 12.1 Å². The summed E-state index contributed by atoms with van der Waals surface area (Å²) >= 11 is 0. The standard InChI is InChI=1S/C13H13N7/c1-19-7-8(6-16-19)11-9-2-3-10-15-4-5-20(10)12(9)18-13(14)17-11/h2-3,6-7,14-15H,4-5H2,1H3. The number of anilines is 1. The quantitative estimate of drug-likeness (QED) is 0.679. The molecule has 0 unspecified atom stereocenters. The summed E-state index contributed by atoms with van der Waals surface area (Å²) in [5.41, 5.74) is 2.64. The maximum absolute atomic E-state index is 7.85. The van der Waals surface area contributed by atoms with Crippen molar-refractivity contribution in [2.24, 2.45) is 7.05 Å². The topological polar surface area (TPSA) is 84.4 Å². The van der Waals surface area contributed by atoms with Gasteiger partial charge < -0.3 is 9.88 Å². The molecule has 0 radical (unpaired) electrons. The molecule has 0 aromatic carbocycles. The van der Waals surface area contributed by atoms with E-state index in [1.807, 2.05) is 25.4 Å². The van der Waals surface area contributed by atoms with Crippen LogP contribution in [0.4, 0.5) is 5.82 Å². The summed E-state index contributed by atoms with van der Waals surface area (Å²) in [4.78, 5) is 8.57. The van der Waals surface area contributed by atoms with Gasteiger partial charge in [0.05, 0.1) is 11.9 Å². The Kier molecular flexibility index (Phi) is 2.17. The molecule has 0 atom stereocenters. The van der Waals surface area contributed by atoms with Crippen LogP contribution in [-0.4, -0.2) is 30.9 Å². The van der Waals surface area contributed by atoms with Gasteiger partial charge >= 0.3 is 0 Å². The molecule has 0 spiro atoms. The van der Waals surface area contributed by atoms with Crippen LogP contribution >= 0.6 is 0 Å². The lowest BCUT2D eigenvalue weighted by Gasteiger charge is -2.14. The van der Waals surface area contributed by atoms with Crippen LogP contribution < -0.4 is 10.9 Å². The summed E-state index contributed by atoms with van der Waals surface area (Å²) in [7, 11) is 1.87. The van der Waals surface area contributed by atoms with Crippen molar-refractivity contribution < 1.29 is 0 Å². The van der Waals surface area contributed by atoms with Crippen molar-refractivity contribution in [1.29, 1.82) is 5.41 Å². The number of fused-ring (bicyclic) bond motifs is 3. The van der Waals surface area contributed by atoms with E-state index >= 15 is 0 Å². The largest absolute Gasteiger partial charge is 0.370 e. The van der Waals surface area contributed by atoms with E-state index in [1.165, 1.54) is 0 Å². The van der Waals surface area contributed by atoms with Gasteiger partial charge in [0.2, 0.25) is 5.62 Å². The third-order valence-corrected chi connectivity index (χ3v) is 3.50. The van der Waals surface area contributed by atoms with Crippen molar-refractivity contribution in [1.82, 2.24) is 24.3 Å². The second-order valence-corrected chi connectivity index (χ2v) is 4.83. The molecule has 2 N–H and O–H groups in total. The molecule has 1 aromatic heterocycles. The zero-order chi connectivity index (χ0) is 13.7. The van der Waals surface area contributed by atoms with Crippen LogP contribution in [0.5, 0.6) is 0 Å². The first-order chi connectivity index (χ1) is 9.72. The molecule has 0 saturated heterocycles. The highest BCUT2D eigenvalue weighted by Crippen LogP contribution is 2.32. The average Bonchev–Trinajstić information content (AvgIpc) is 3.06. The summed E-state index contributed by atoms with van der Waals surface area (Å²) in [5.74, 6) is 1.83. The number of nitrogens with one attached hydrogen (secondary N) is 2. The predicted molar refractivity (Wildman–Crippen MR) is 73.2 cm³/mol. The molecular weight excluding hydrogens is 254 g/mol. The van der Waals surface area contributed by atoms with Gasteiger partial charge in [0.25, 0.3) is 0 Å². The Bertz CT molecular complexity index is 829. The van der Waals surface area contributed by atoms with Crippen molar-refractivity contribution >= 4 is 5.82 Å². The maximum Gasteiger partial charge on any atom is 0.244 e. The molecule has 0 fully saturated rings. The summed E-state index contributed by atoms with van der Waals surface area (Å²) in [6.45, 7) is 1.74. The highest BCUT2D eigenvalue weighted by atomic mass is 15.2. The van der Waals surface area contributed by atoms with Crippen LogP contribution in [0, 0.1) is 5.41 Å². The van der Waals surface area contributed by atoms with E-state index in [1.54, 1.807) is 10.9 Å². The molecule has 7 heteroatoms. The Morgan fingerprint density at radius 3 is 3.00 bits per heavy atom. The number of rotatable bonds is 1. The van der Waals surface area contributed by atoms with Gasteiger partial charge in [0.1, 0.15) is 11.6 Å².